The second-order valence-electron chi connectivity index (χ2n) is 8.24. The van der Waals surface area contributed by atoms with Gasteiger partial charge in [-0.05, 0) is 35.9 Å². The van der Waals surface area contributed by atoms with E-state index < -0.39 is 11.2 Å². The molecule has 0 atom stereocenters. The zero-order valence-corrected chi connectivity index (χ0v) is 19.4. The number of rotatable bonds is 7. The van der Waals surface area contributed by atoms with E-state index in [9.17, 15) is 14.4 Å². The lowest BCUT2D eigenvalue weighted by molar-refractivity contribution is -0.121. The molecule has 0 radical (unpaired) electrons. The van der Waals surface area contributed by atoms with E-state index in [1.54, 1.807) is 43.0 Å². The van der Waals surface area contributed by atoms with Crippen LogP contribution in [0.5, 0.6) is 5.75 Å². The number of aromatic nitrogens is 3. The first kappa shape index (κ1) is 22.3. The van der Waals surface area contributed by atoms with Crippen molar-refractivity contribution >= 4 is 27.8 Å². The second kappa shape index (κ2) is 9.02. The minimum absolute atomic E-state index is 0.0906. The van der Waals surface area contributed by atoms with Gasteiger partial charge in [0.2, 0.25) is 5.91 Å². The summed E-state index contributed by atoms with van der Waals surface area (Å²) < 4.78 is 14.9. The molecule has 9 heteroatoms. The highest BCUT2D eigenvalue weighted by Crippen LogP contribution is 2.29. The summed E-state index contributed by atoms with van der Waals surface area (Å²) >= 11 is 0. The first-order valence-electron chi connectivity index (χ1n) is 11.1. The molecule has 0 spiro atoms. The van der Waals surface area contributed by atoms with Crippen molar-refractivity contribution < 1.29 is 13.9 Å². The van der Waals surface area contributed by atoms with Crippen LogP contribution in [0.15, 0.2) is 80.9 Å². The van der Waals surface area contributed by atoms with Gasteiger partial charge in [-0.3, -0.25) is 18.7 Å². The van der Waals surface area contributed by atoms with Gasteiger partial charge in [0.1, 0.15) is 23.6 Å². The number of carbonyl (C=O) groups excluding carboxylic acids is 1. The molecule has 1 N–H and O–H groups in total. The molecule has 5 rings (SSSR count). The zero-order chi connectivity index (χ0) is 24.5. The smallest absolute Gasteiger partial charge is 0.332 e. The summed E-state index contributed by atoms with van der Waals surface area (Å²) in [6.07, 6.45) is 1.53. The lowest BCUT2D eigenvalue weighted by Gasteiger charge is -2.13. The highest BCUT2D eigenvalue weighted by Gasteiger charge is 2.22. The molecule has 0 aliphatic carbocycles. The van der Waals surface area contributed by atoms with Crippen LogP contribution < -0.4 is 21.3 Å². The van der Waals surface area contributed by atoms with Crippen molar-refractivity contribution in [3.63, 3.8) is 0 Å². The van der Waals surface area contributed by atoms with Gasteiger partial charge in [0.25, 0.3) is 5.56 Å². The Morgan fingerprint density at radius 1 is 1.00 bits per heavy atom. The van der Waals surface area contributed by atoms with Crippen LogP contribution in [0.3, 0.4) is 0 Å². The summed E-state index contributed by atoms with van der Waals surface area (Å²) in [5.41, 5.74) is 1.31. The molecule has 0 unspecified atom stereocenters. The van der Waals surface area contributed by atoms with E-state index in [1.807, 2.05) is 36.4 Å². The van der Waals surface area contributed by atoms with E-state index in [1.165, 1.54) is 15.4 Å². The van der Waals surface area contributed by atoms with Crippen LogP contribution in [0.4, 0.5) is 0 Å². The molecule has 1 amide bonds. The van der Waals surface area contributed by atoms with Crippen LogP contribution in [0, 0.1) is 0 Å². The molecule has 178 valence electrons. The maximum absolute atomic E-state index is 13.7. The Hall–Kier alpha value is -4.53. The van der Waals surface area contributed by atoms with Crippen LogP contribution in [-0.4, -0.2) is 26.7 Å². The molecular weight excluding hydrogens is 448 g/mol. The van der Waals surface area contributed by atoms with Gasteiger partial charge in [0.15, 0.2) is 0 Å². The number of aryl methyl sites for hydroxylation is 1. The minimum Gasteiger partial charge on any atom is -0.497 e. The van der Waals surface area contributed by atoms with E-state index in [2.05, 4.69) is 5.32 Å². The summed E-state index contributed by atoms with van der Waals surface area (Å²) in [4.78, 5) is 40.2. The van der Waals surface area contributed by atoms with Gasteiger partial charge in [0, 0.05) is 12.4 Å². The summed E-state index contributed by atoms with van der Waals surface area (Å²) in [7, 11) is 3.32. The number of carbonyl (C=O) groups is 1. The molecule has 0 saturated heterocycles. The van der Waals surface area contributed by atoms with Gasteiger partial charge >= 0.3 is 5.69 Å². The van der Waals surface area contributed by atoms with Crippen molar-refractivity contribution in [2.75, 3.05) is 7.11 Å². The minimum atomic E-state index is -0.560. The fraction of sp³-hybridized carbons (Fsp3) is 0.192. The largest absolute Gasteiger partial charge is 0.497 e. The number of nitrogens with zero attached hydrogens (tertiary/aromatic N) is 3. The molecule has 5 aromatic rings. The third-order valence-electron chi connectivity index (χ3n) is 6.08. The number of hydrogen-bond acceptors (Lipinski definition) is 5. The maximum Gasteiger partial charge on any atom is 0.332 e. The SMILES string of the molecule is COc1ccc2c(c1)c1c(c(=O)n(Cc3ccccc3)c(=O)n1CC(=O)NCc1ccco1)n2C. The fourth-order valence-corrected chi connectivity index (χ4v) is 4.36. The number of hydrogen-bond donors (Lipinski definition) is 1. The molecule has 0 fully saturated rings. The number of amides is 1. The van der Waals surface area contributed by atoms with Gasteiger partial charge in [0.05, 0.1) is 37.5 Å². The third-order valence-corrected chi connectivity index (χ3v) is 6.08. The molecule has 2 aromatic carbocycles. The van der Waals surface area contributed by atoms with Gasteiger partial charge in [-0.15, -0.1) is 0 Å². The Labute approximate surface area is 199 Å². The number of ether oxygens (including phenoxy) is 1. The Morgan fingerprint density at radius 2 is 1.80 bits per heavy atom. The van der Waals surface area contributed by atoms with Crippen molar-refractivity contribution in [3.8, 4) is 5.75 Å². The van der Waals surface area contributed by atoms with E-state index in [-0.39, 0.29) is 25.5 Å². The molecule has 0 aliphatic heterocycles. The average Bonchev–Trinajstić information content (AvgIpc) is 3.50. The monoisotopic (exact) mass is 472 g/mol. The van der Waals surface area contributed by atoms with Crippen LogP contribution >= 0.6 is 0 Å². The van der Waals surface area contributed by atoms with Crippen LogP contribution in [0.2, 0.25) is 0 Å². The summed E-state index contributed by atoms with van der Waals surface area (Å²) in [6, 6.07) is 18.2. The van der Waals surface area contributed by atoms with Crippen LogP contribution in [0.1, 0.15) is 11.3 Å². The fourth-order valence-electron chi connectivity index (χ4n) is 4.36. The van der Waals surface area contributed by atoms with Crippen molar-refractivity contribution in [3.05, 3.63) is 99.1 Å². The van der Waals surface area contributed by atoms with Crippen molar-refractivity contribution in [2.24, 2.45) is 7.05 Å². The second-order valence-corrected chi connectivity index (χ2v) is 8.24. The normalized spacial score (nSPS) is 11.3. The van der Waals surface area contributed by atoms with E-state index in [0.29, 0.717) is 27.9 Å². The number of furan rings is 1. The topological polar surface area (TPSA) is 100 Å². The van der Waals surface area contributed by atoms with Gasteiger partial charge in [-0.25, -0.2) is 4.79 Å². The summed E-state index contributed by atoms with van der Waals surface area (Å²) in [5, 5.41) is 3.43. The van der Waals surface area contributed by atoms with E-state index in [4.69, 9.17) is 9.15 Å². The maximum atomic E-state index is 13.7. The van der Waals surface area contributed by atoms with E-state index in [0.717, 1.165) is 11.1 Å². The van der Waals surface area contributed by atoms with Crippen molar-refractivity contribution in [2.45, 2.75) is 19.6 Å². The average molecular weight is 473 g/mol. The zero-order valence-electron chi connectivity index (χ0n) is 19.4. The number of benzene rings is 2. The van der Waals surface area contributed by atoms with Crippen LogP contribution in [-0.2, 0) is 31.5 Å². The Morgan fingerprint density at radius 3 is 2.51 bits per heavy atom. The molecular formula is C26H24N4O5. The standard InChI is InChI=1S/C26H24N4O5/c1-28-21-11-10-18(34-2)13-20(21)23-24(28)25(32)30(15-17-7-4-3-5-8-17)26(33)29(23)16-22(31)27-14-19-9-6-12-35-19/h3-13H,14-16H2,1-2H3,(H,27,31). The molecule has 0 bridgehead atoms. The van der Waals surface area contributed by atoms with Gasteiger partial charge in [-0.1, -0.05) is 30.3 Å². The Balaban J connectivity index is 1.70. The number of fused-ring (bicyclic) bond motifs is 3. The molecule has 0 saturated carbocycles. The number of nitrogens with one attached hydrogen (secondary N) is 1. The Kier molecular flexibility index (Phi) is 5.74. The number of methoxy groups -OCH3 is 1. The Bertz CT molecular complexity index is 1640. The quantitative estimate of drug-likeness (QED) is 0.393. The lowest BCUT2D eigenvalue weighted by atomic mass is 10.2. The van der Waals surface area contributed by atoms with Gasteiger partial charge in [-0.2, -0.15) is 0 Å². The summed E-state index contributed by atoms with van der Waals surface area (Å²) in [6.45, 7) is 0.0193. The predicted octanol–water partition coefficient (Wildman–Crippen LogP) is 2.62. The first-order chi connectivity index (χ1) is 17.0. The molecule has 3 heterocycles. The molecule has 0 aliphatic rings. The molecule has 3 aromatic heterocycles. The van der Waals surface area contributed by atoms with Crippen molar-refractivity contribution in [1.82, 2.24) is 19.0 Å². The predicted molar refractivity (Wildman–Crippen MR) is 132 cm³/mol. The molecule has 9 nitrogen and oxygen atoms in total. The lowest BCUT2D eigenvalue weighted by Crippen LogP contribution is -2.43. The van der Waals surface area contributed by atoms with E-state index >= 15 is 0 Å². The first-order valence-corrected chi connectivity index (χ1v) is 11.1. The van der Waals surface area contributed by atoms with Crippen LogP contribution in [0.25, 0.3) is 21.9 Å². The third kappa shape index (κ3) is 4.01. The van der Waals surface area contributed by atoms with Crippen molar-refractivity contribution in [1.29, 1.82) is 0 Å². The highest BCUT2D eigenvalue weighted by molar-refractivity contribution is 6.06. The summed E-state index contributed by atoms with van der Waals surface area (Å²) in [5.74, 6) is 0.800. The highest BCUT2D eigenvalue weighted by atomic mass is 16.5. The van der Waals surface area contributed by atoms with Gasteiger partial charge < -0.3 is 19.0 Å². The molecule has 35 heavy (non-hydrogen) atoms.